The van der Waals surface area contributed by atoms with Crippen molar-refractivity contribution in [2.75, 3.05) is 0 Å². The minimum atomic E-state index is -1.78. The van der Waals surface area contributed by atoms with E-state index in [4.69, 9.17) is 14.9 Å². The number of carboxylic acids is 2. The molecule has 0 aromatic rings. The van der Waals surface area contributed by atoms with Crippen molar-refractivity contribution >= 4 is 11.9 Å². The van der Waals surface area contributed by atoms with Crippen molar-refractivity contribution in [2.45, 2.75) is 45.3 Å². The van der Waals surface area contributed by atoms with Gasteiger partial charge in [-0.25, -0.2) is 9.59 Å². The van der Waals surface area contributed by atoms with Crippen LogP contribution >= 0.6 is 0 Å². The molecule has 0 amide bonds. The average molecular weight is 204 g/mol. The van der Waals surface area contributed by atoms with Crippen LogP contribution < -0.4 is 0 Å². The van der Waals surface area contributed by atoms with Crippen LogP contribution in [0.1, 0.15) is 33.6 Å². The number of rotatable bonds is 6. The molecule has 0 unspecified atom stereocenters. The molecule has 0 radical (unpaired) electrons. The molecule has 0 spiro atoms. The van der Waals surface area contributed by atoms with Crippen LogP contribution in [0.4, 0.5) is 0 Å². The molecule has 82 valence electrons. The van der Waals surface area contributed by atoms with Crippen LogP contribution in [0.15, 0.2) is 0 Å². The van der Waals surface area contributed by atoms with Crippen molar-refractivity contribution in [3.63, 3.8) is 0 Å². The predicted octanol–water partition coefficient (Wildman–Crippen LogP) is 1.12. The molecule has 5 nitrogen and oxygen atoms in total. The topological polar surface area (TPSA) is 83.8 Å². The fourth-order valence-electron chi connectivity index (χ4n) is 0.908. The molecule has 0 aromatic carbocycles. The molecular weight excluding hydrogens is 188 g/mol. The average Bonchev–Trinajstić information content (AvgIpc) is 2.13. The Labute approximate surface area is 82.7 Å². The van der Waals surface area contributed by atoms with E-state index in [0.717, 1.165) is 0 Å². The molecule has 5 heteroatoms. The smallest absolute Gasteiger partial charge is 0.344 e. The van der Waals surface area contributed by atoms with Gasteiger partial charge in [-0.3, -0.25) is 0 Å². The van der Waals surface area contributed by atoms with Crippen LogP contribution in [0, 0.1) is 0 Å². The minimum Gasteiger partial charge on any atom is -0.479 e. The second-order valence-electron chi connectivity index (χ2n) is 3.33. The highest BCUT2D eigenvalue weighted by atomic mass is 16.6. The zero-order chi connectivity index (χ0) is 11.4. The first-order valence-electron chi connectivity index (χ1n) is 4.49. The van der Waals surface area contributed by atoms with Gasteiger partial charge in [0.1, 0.15) is 0 Å². The number of carbonyl (C=O) groups is 2. The predicted molar refractivity (Wildman–Crippen MR) is 49.1 cm³/mol. The fourth-order valence-corrected chi connectivity index (χ4v) is 0.908. The zero-order valence-electron chi connectivity index (χ0n) is 8.61. The van der Waals surface area contributed by atoms with E-state index >= 15 is 0 Å². The first-order valence-corrected chi connectivity index (χ1v) is 4.49. The maximum absolute atomic E-state index is 10.5. The van der Waals surface area contributed by atoms with Crippen LogP contribution in [0.25, 0.3) is 0 Å². The van der Waals surface area contributed by atoms with E-state index in [1.807, 2.05) is 13.8 Å². The molecule has 14 heavy (non-hydrogen) atoms. The van der Waals surface area contributed by atoms with E-state index in [9.17, 15) is 9.59 Å². The molecule has 0 rings (SSSR count). The maximum atomic E-state index is 10.5. The SMILES string of the molecule is CCC(C)(CC)OC(C(=O)O)C(=O)O. The Bertz CT molecular complexity index is 205. The van der Waals surface area contributed by atoms with Gasteiger partial charge in [0.2, 0.25) is 0 Å². The van der Waals surface area contributed by atoms with E-state index in [2.05, 4.69) is 0 Å². The molecule has 2 N–H and O–H groups in total. The van der Waals surface area contributed by atoms with Gasteiger partial charge in [-0.1, -0.05) is 13.8 Å². The standard InChI is InChI=1S/C9H16O5/c1-4-9(3,5-2)14-6(7(10)11)8(12)13/h6H,4-5H2,1-3H3,(H,10,11)(H,12,13). The molecule has 0 atom stereocenters. The summed E-state index contributed by atoms with van der Waals surface area (Å²) in [5, 5.41) is 17.2. The highest BCUT2D eigenvalue weighted by molar-refractivity contribution is 5.96. The number of aliphatic carboxylic acids is 2. The van der Waals surface area contributed by atoms with E-state index in [0.29, 0.717) is 12.8 Å². The molecule has 0 aliphatic heterocycles. The highest BCUT2D eigenvalue weighted by Crippen LogP contribution is 2.21. The first-order chi connectivity index (χ1) is 6.36. The zero-order valence-corrected chi connectivity index (χ0v) is 8.61. The molecule has 0 saturated heterocycles. The van der Waals surface area contributed by atoms with Crippen molar-refractivity contribution in [1.82, 2.24) is 0 Å². The summed E-state index contributed by atoms with van der Waals surface area (Å²) in [5.74, 6) is -2.93. The largest absolute Gasteiger partial charge is 0.479 e. The summed E-state index contributed by atoms with van der Waals surface area (Å²) in [6.45, 7) is 5.35. The Morgan fingerprint density at radius 2 is 1.57 bits per heavy atom. The van der Waals surface area contributed by atoms with Crippen LogP contribution in [-0.4, -0.2) is 33.9 Å². The molecule has 0 aromatic heterocycles. The maximum Gasteiger partial charge on any atom is 0.344 e. The Balaban J connectivity index is 4.58. The summed E-state index contributed by atoms with van der Waals surface area (Å²) in [6.07, 6.45) is -0.638. The van der Waals surface area contributed by atoms with Gasteiger partial charge in [0, 0.05) is 0 Å². The Kier molecular flexibility index (Phi) is 4.56. The Hall–Kier alpha value is -1.10. The lowest BCUT2D eigenvalue weighted by molar-refractivity contribution is -0.179. The molecule has 0 bridgehead atoms. The van der Waals surface area contributed by atoms with Crippen LogP contribution in [-0.2, 0) is 14.3 Å². The van der Waals surface area contributed by atoms with Crippen molar-refractivity contribution < 1.29 is 24.5 Å². The second kappa shape index (κ2) is 4.95. The number of hydrogen-bond donors (Lipinski definition) is 2. The molecule has 0 aliphatic carbocycles. The minimum absolute atomic E-state index is 0.570. The Morgan fingerprint density at radius 1 is 1.21 bits per heavy atom. The number of hydrogen-bond acceptors (Lipinski definition) is 3. The third kappa shape index (κ3) is 3.33. The third-order valence-electron chi connectivity index (χ3n) is 2.35. The summed E-state index contributed by atoms with van der Waals surface area (Å²) < 4.78 is 5.06. The van der Waals surface area contributed by atoms with Crippen LogP contribution in [0.2, 0.25) is 0 Å². The lowest BCUT2D eigenvalue weighted by Crippen LogP contribution is -2.41. The third-order valence-corrected chi connectivity index (χ3v) is 2.35. The summed E-state index contributed by atoms with van der Waals surface area (Å²) in [4.78, 5) is 21.1. The molecule has 0 saturated carbocycles. The molecular formula is C9H16O5. The van der Waals surface area contributed by atoms with Gasteiger partial charge in [-0.15, -0.1) is 0 Å². The van der Waals surface area contributed by atoms with E-state index in [1.165, 1.54) is 0 Å². The Morgan fingerprint density at radius 3 is 1.79 bits per heavy atom. The number of carboxylic acid groups (broad SMARTS) is 2. The summed E-state index contributed by atoms with van der Waals surface area (Å²) in [5.41, 5.74) is -0.693. The quantitative estimate of drug-likeness (QED) is 0.633. The first kappa shape index (κ1) is 12.9. The van der Waals surface area contributed by atoms with E-state index in [-0.39, 0.29) is 0 Å². The monoisotopic (exact) mass is 204 g/mol. The van der Waals surface area contributed by atoms with Gasteiger partial charge in [0.15, 0.2) is 0 Å². The van der Waals surface area contributed by atoms with Crippen molar-refractivity contribution in [1.29, 1.82) is 0 Å². The van der Waals surface area contributed by atoms with Gasteiger partial charge < -0.3 is 14.9 Å². The van der Waals surface area contributed by atoms with Gasteiger partial charge in [0.05, 0.1) is 5.60 Å². The fraction of sp³-hybridized carbons (Fsp3) is 0.778. The normalized spacial score (nSPS) is 11.7. The lowest BCUT2D eigenvalue weighted by atomic mass is 10.00. The van der Waals surface area contributed by atoms with Gasteiger partial charge in [-0.2, -0.15) is 0 Å². The van der Waals surface area contributed by atoms with Gasteiger partial charge >= 0.3 is 11.9 Å². The highest BCUT2D eigenvalue weighted by Gasteiger charge is 2.34. The molecule has 0 aliphatic rings. The second-order valence-corrected chi connectivity index (χ2v) is 3.33. The van der Waals surface area contributed by atoms with Crippen LogP contribution in [0.3, 0.4) is 0 Å². The van der Waals surface area contributed by atoms with Crippen molar-refractivity contribution in [2.24, 2.45) is 0 Å². The summed E-state index contributed by atoms with van der Waals surface area (Å²) in [7, 11) is 0. The summed E-state index contributed by atoms with van der Waals surface area (Å²) >= 11 is 0. The van der Waals surface area contributed by atoms with Crippen molar-refractivity contribution in [3.8, 4) is 0 Å². The van der Waals surface area contributed by atoms with Crippen molar-refractivity contribution in [3.05, 3.63) is 0 Å². The van der Waals surface area contributed by atoms with Gasteiger partial charge in [-0.05, 0) is 19.8 Å². The van der Waals surface area contributed by atoms with E-state index in [1.54, 1.807) is 6.92 Å². The van der Waals surface area contributed by atoms with Crippen LogP contribution in [0.5, 0.6) is 0 Å². The van der Waals surface area contributed by atoms with E-state index < -0.39 is 23.6 Å². The summed E-state index contributed by atoms with van der Waals surface area (Å²) in [6, 6.07) is 0. The molecule has 0 heterocycles. The lowest BCUT2D eigenvalue weighted by Gasteiger charge is -2.28. The molecule has 0 fully saturated rings. The number of ether oxygens (including phenoxy) is 1. The van der Waals surface area contributed by atoms with Gasteiger partial charge in [0.25, 0.3) is 6.10 Å².